The van der Waals surface area contributed by atoms with Crippen LogP contribution in [0.3, 0.4) is 0 Å². The number of benzene rings is 1. The van der Waals surface area contributed by atoms with Crippen molar-refractivity contribution in [2.45, 2.75) is 69.5 Å². The Balaban J connectivity index is 2.42. The van der Waals surface area contributed by atoms with Crippen molar-refractivity contribution in [3.05, 3.63) is 35.9 Å². The fourth-order valence-corrected chi connectivity index (χ4v) is 4.00. The predicted octanol–water partition coefficient (Wildman–Crippen LogP) is 1.33. The Kier molecular flexibility index (Phi) is 9.40. The van der Waals surface area contributed by atoms with Crippen LogP contribution in [-0.2, 0) is 39.9 Å². The number of aliphatic hydroxyl groups is 1. The van der Waals surface area contributed by atoms with Crippen LogP contribution in [0.4, 0.5) is 9.59 Å². The number of amides is 2. The molecule has 0 aromatic heterocycles. The first kappa shape index (κ1) is 28.6. The monoisotopic (exact) mass is 508 g/mol. The Morgan fingerprint density at radius 1 is 1.17 bits per heavy atom. The van der Waals surface area contributed by atoms with Crippen LogP contribution in [0.5, 0.6) is 0 Å². The molecule has 2 rings (SSSR count). The zero-order valence-electron chi connectivity index (χ0n) is 20.9. The summed E-state index contributed by atoms with van der Waals surface area (Å²) < 4.78 is 20.1. The Labute approximate surface area is 208 Å². The molecule has 0 radical (unpaired) electrons. The number of hydrogen-bond donors (Lipinski definition) is 2. The molecule has 1 fully saturated rings. The number of alkyl carbamates (subject to hydrolysis) is 1. The number of likely N-dealkylation sites (tertiary alicyclic amines) is 1. The van der Waals surface area contributed by atoms with E-state index >= 15 is 0 Å². The summed E-state index contributed by atoms with van der Waals surface area (Å²) in [4.78, 5) is 63.9. The highest BCUT2D eigenvalue weighted by molar-refractivity contribution is 5.92. The van der Waals surface area contributed by atoms with E-state index < -0.39 is 53.5 Å². The quantitative estimate of drug-likeness (QED) is 0.298. The largest absolute Gasteiger partial charge is 0.467 e. The van der Waals surface area contributed by atoms with Crippen molar-refractivity contribution in [1.82, 2.24) is 10.2 Å². The first-order chi connectivity index (χ1) is 16.9. The van der Waals surface area contributed by atoms with Crippen molar-refractivity contribution in [2.24, 2.45) is 0 Å². The summed E-state index contributed by atoms with van der Waals surface area (Å²) in [7, 11) is 2.03. The molecule has 1 aromatic rings. The smallest absolute Gasteiger partial charge is 0.411 e. The SMILES string of the molecule is COC(=O)[C@H](NC(=O)OCc1ccccc1)[C@H](O)[C@@]1(C(=O)OC)CC[C@H](C=O)N1C(=O)OC(C)(C)C. The number of aldehydes is 1. The van der Waals surface area contributed by atoms with Gasteiger partial charge in [0.05, 0.1) is 20.3 Å². The number of methoxy groups -OCH3 is 2. The molecule has 12 heteroatoms. The highest BCUT2D eigenvalue weighted by Gasteiger charge is 2.63. The predicted molar refractivity (Wildman–Crippen MR) is 123 cm³/mol. The van der Waals surface area contributed by atoms with Gasteiger partial charge in [-0.15, -0.1) is 0 Å². The van der Waals surface area contributed by atoms with E-state index in [0.29, 0.717) is 11.8 Å². The average Bonchev–Trinajstić information content (AvgIpc) is 3.25. The van der Waals surface area contributed by atoms with Gasteiger partial charge in [-0.25, -0.2) is 19.2 Å². The van der Waals surface area contributed by atoms with Crippen LogP contribution < -0.4 is 5.32 Å². The number of carbonyl (C=O) groups excluding carboxylic acids is 5. The summed E-state index contributed by atoms with van der Waals surface area (Å²) in [5.74, 6) is -2.24. The number of aliphatic hydroxyl groups excluding tert-OH is 1. The maximum atomic E-state index is 13.1. The number of hydrogen-bond acceptors (Lipinski definition) is 10. The molecule has 1 saturated heterocycles. The van der Waals surface area contributed by atoms with E-state index in [1.54, 1.807) is 51.1 Å². The van der Waals surface area contributed by atoms with E-state index in [1.165, 1.54) is 0 Å². The molecule has 1 aromatic carbocycles. The van der Waals surface area contributed by atoms with Crippen LogP contribution in [-0.4, -0.2) is 84.0 Å². The van der Waals surface area contributed by atoms with Gasteiger partial charge < -0.3 is 34.2 Å². The summed E-state index contributed by atoms with van der Waals surface area (Å²) in [5.41, 5.74) is -2.61. The molecular weight excluding hydrogens is 476 g/mol. The molecule has 0 bridgehead atoms. The van der Waals surface area contributed by atoms with E-state index in [9.17, 15) is 29.1 Å². The second-order valence-corrected chi connectivity index (χ2v) is 9.16. The molecule has 2 amide bonds. The lowest BCUT2D eigenvalue weighted by Crippen LogP contribution is -2.69. The molecule has 0 spiro atoms. The Morgan fingerprint density at radius 3 is 2.33 bits per heavy atom. The van der Waals surface area contributed by atoms with Crippen molar-refractivity contribution < 1.29 is 48.0 Å². The molecule has 0 unspecified atom stereocenters. The van der Waals surface area contributed by atoms with Crippen molar-refractivity contribution in [3.8, 4) is 0 Å². The molecule has 0 aliphatic carbocycles. The normalized spacial score (nSPS) is 21.1. The van der Waals surface area contributed by atoms with E-state index in [4.69, 9.17) is 18.9 Å². The summed E-state index contributed by atoms with van der Waals surface area (Å²) >= 11 is 0. The van der Waals surface area contributed by atoms with Gasteiger partial charge in [-0.1, -0.05) is 30.3 Å². The van der Waals surface area contributed by atoms with Crippen molar-refractivity contribution >= 4 is 30.4 Å². The van der Waals surface area contributed by atoms with Crippen LogP contribution in [0.15, 0.2) is 30.3 Å². The number of nitrogens with one attached hydrogen (secondary N) is 1. The lowest BCUT2D eigenvalue weighted by Gasteiger charge is -2.42. The minimum Gasteiger partial charge on any atom is -0.467 e. The Bertz CT molecular complexity index is 961. The van der Waals surface area contributed by atoms with Gasteiger partial charge in [0.1, 0.15) is 24.6 Å². The third-order valence-electron chi connectivity index (χ3n) is 5.62. The third kappa shape index (κ3) is 6.30. The van der Waals surface area contributed by atoms with Gasteiger partial charge in [0.2, 0.25) is 0 Å². The molecule has 2 N–H and O–H groups in total. The minimum absolute atomic E-state index is 0.0404. The van der Waals surface area contributed by atoms with E-state index in [2.05, 4.69) is 5.32 Å². The zero-order chi connectivity index (χ0) is 27.1. The van der Waals surface area contributed by atoms with Gasteiger partial charge in [-0.3, -0.25) is 4.90 Å². The van der Waals surface area contributed by atoms with Crippen molar-refractivity contribution in [2.75, 3.05) is 14.2 Å². The molecular formula is C24H32N2O10. The summed E-state index contributed by atoms with van der Waals surface area (Å²) in [6, 6.07) is 5.65. The molecule has 1 heterocycles. The molecule has 1 aliphatic rings. The topological polar surface area (TPSA) is 158 Å². The lowest BCUT2D eigenvalue weighted by atomic mass is 9.84. The fraction of sp³-hybridized carbons (Fsp3) is 0.542. The minimum atomic E-state index is -2.26. The number of rotatable bonds is 8. The highest BCUT2D eigenvalue weighted by atomic mass is 16.6. The standard InChI is InChI=1S/C24H32N2O10/c1-23(2,3)36-22(32)26-16(13-27)11-12-24(26,20(30)34-5)18(28)17(19(29)33-4)25-21(31)35-14-15-9-7-6-8-10-15/h6-10,13,16-18,28H,11-12,14H2,1-5H3,(H,25,31)/t16-,17-,18+,24-/m1/s1. The average molecular weight is 509 g/mol. The number of carbonyl (C=O) groups is 5. The first-order valence-corrected chi connectivity index (χ1v) is 11.2. The zero-order valence-corrected chi connectivity index (χ0v) is 20.9. The third-order valence-corrected chi connectivity index (χ3v) is 5.62. The van der Waals surface area contributed by atoms with Crippen LogP contribution >= 0.6 is 0 Å². The summed E-state index contributed by atoms with van der Waals surface area (Å²) in [6.45, 7) is 4.59. The number of nitrogens with zero attached hydrogens (tertiary/aromatic N) is 1. The van der Waals surface area contributed by atoms with Gasteiger partial charge in [0, 0.05) is 0 Å². The van der Waals surface area contributed by atoms with Crippen LogP contribution in [0.1, 0.15) is 39.2 Å². The van der Waals surface area contributed by atoms with Gasteiger partial charge in [0.25, 0.3) is 0 Å². The van der Waals surface area contributed by atoms with Gasteiger partial charge >= 0.3 is 24.1 Å². The second-order valence-electron chi connectivity index (χ2n) is 9.16. The molecule has 198 valence electrons. The summed E-state index contributed by atoms with van der Waals surface area (Å²) in [5, 5.41) is 13.6. The molecule has 36 heavy (non-hydrogen) atoms. The van der Waals surface area contributed by atoms with Gasteiger partial charge in [0.15, 0.2) is 11.6 Å². The Hall–Kier alpha value is -3.67. The highest BCUT2D eigenvalue weighted by Crippen LogP contribution is 2.40. The van der Waals surface area contributed by atoms with E-state index in [1.807, 2.05) is 0 Å². The number of esters is 2. The lowest BCUT2D eigenvalue weighted by molar-refractivity contribution is -0.167. The van der Waals surface area contributed by atoms with Crippen LogP contribution in [0.2, 0.25) is 0 Å². The molecule has 1 aliphatic heterocycles. The first-order valence-electron chi connectivity index (χ1n) is 11.2. The van der Waals surface area contributed by atoms with Gasteiger partial charge in [-0.05, 0) is 39.2 Å². The molecule has 0 saturated carbocycles. The van der Waals surface area contributed by atoms with Crippen LogP contribution in [0, 0.1) is 0 Å². The van der Waals surface area contributed by atoms with Crippen molar-refractivity contribution in [3.63, 3.8) is 0 Å². The Morgan fingerprint density at radius 2 is 1.81 bits per heavy atom. The number of ether oxygens (including phenoxy) is 4. The summed E-state index contributed by atoms with van der Waals surface area (Å²) in [6.07, 6.45) is -4.16. The van der Waals surface area contributed by atoms with Gasteiger partial charge in [-0.2, -0.15) is 0 Å². The molecule has 4 atom stereocenters. The fourth-order valence-electron chi connectivity index (χ4n) is 4.00. The molecule has 12 nitrogen and oxygen atoms in total. The maximum Gasteiger partial charge on any atom is 0.411 e. The van der Waals surface area contributed by atoms with E-state index in [0.717, 1.165) is 19.1 Å². The van der Waals surface area contributed by atoms with Crippen LogP contribution in [0.25, 0.3) is 0 Å². The van der Waals surface area contributed by atoms with E-state index in [-0.39, 0.29) is 19.4 Å². The van der Waals surface area contributed by atoms with Crippen molar-refractivity contribution in [1.29, 1.82) is 0 Å². The maximum absolute atomic E-state index is 13.1. The second kappa shape index (κ2) is 11.8.